The SMILES string of the molecule is CC(=O)N[C@@H](C)c1ccc(OC2CN(c3nc(C(F)(F)F)ccc3F)C2)cc1. The molecule has 0 unspecified atom stereocenters. The first-order valence-corrected chi connectivity index (χ1v) is 8.66. The summed E-state index contributed by atoms with van der Waals surface area (Å²) < 4.78 is 57.9. The lowest BCUT2D eigenvalue weighted by atomic mass is 10.1. The molecule has 28 heavy (non-hydrogen) atoms. The number of aromatic nitrogens is 1. The van der Waals surface area contributed by atoms with Crippen molar-refractivity contribution in [2.24, 2.45) is 0 Å². The van der Waals surface area contributed by atoms with Gasteiger partial charge in [-0.3, -0.25) is 4.79 Å². The van der Waals surface area contributed by atoms with Crippen molar-refractivity contribution in [2.75, 3.05) is 18.0 Å². The number of hydrogen-bond acceptors (Lipinski definition) is 4. The van der Waals surface area contributed by atoms with Crippen LogP contribution in [0.5, 0.6) is 5.75 Å². The average molecular weight is 397 g/mol. The third kappa shape index (κ3) is 4.52. The fraction of sp³-hybridized carbons (Fsp3) is 0.368. The number of ether oxygens (including phenoxy) is 1. The van der Waals surface area contributed by atoms with Gasteiger partial charge >= 0.3 is 6.18 Å². The van der Waals surface area contributed by atoms with Crippen LogP contribution < -0.4 is 15.0 Å². The van der Waals surface area contributed by atoms with Crippen molar-refractivity contribution < 1.29 is 27.1 Å². The first-order chi connectivity index (χ1) is 13.1. The maximum atomic E-state index is 13.9. The van der Waals surface area contributed by atoms with Gasteiger partial charge < -0.3 is 15.0 Å². The molecule has 1 aliphatic rings. The molecule has 2 heterocycles. The Kier molecular flexibility index (Phi) is 5.44. The fourth-order valence-electron chi connectivity index (χ4n) is 2.91. The van der Waals surface area contributed by atoms with Gasteiger partial charge in [0.2, 0.25) is 5.91 Å². The Labute approximate surface area is 159 Å². The van der Waals surface area contributed by atoms with Gasteiger partial charge in [0.05, 0.1) is 19.1 Å². The Balaban J connectivity index is 1.58. The maximum absolute atomic E-state index is 13.9. The van der Waals surface area contributed by atoms with E-state index in [-0.39, 0.29) is 37.0 Å². The molecule has 9 heteroatoms. The molecule has 1 saturated heterocycles. The number of nitrogens with zero attached hydrogens (tertiary/aromatic N) is 2. The van der Waals surface area contributed by atoms with Crippen LogP contribution in [-0.4, -0.2) is 30.1 Å². The monoisotopic (exact) mass is 397 g/mol. The van der Waals surface area contributed by atoms with Gasteiger partial charge in [0.15, 0.2) is 11.6 Å². The zero-order valence-electron chi connectivity index (χ0n) is 15.3. The zero-order chi connectivity index (χ0) is 20.5. The fourth-order valence-corrected chi connectivity index (χ4v) is 2.91. The number of halogens is 4. The van der Waals surface area contributed by atoms with Crippen LogP contribution in [0.4, 0.5) is 23.4 Å². The topological polar surface area (TPSA) is 54.5 Å². The van der Waals surface area contributed by atoms with Crippen molar-refractivity contribution >= 4 is 11.7 Å². The highest BCUT2D eigenvalue weighted by Crippen LogP contribution is 2.32. The van der Waals surface area contributed by atoms with E-state index in [1.165, 1.54) is 11.8 Å². The second-order valence-electron chi connectivity index (χ2n) is 6.64. The summed E-state index contributed by atoms with van der Waals surface area (Å²) in [5.41, 5.74) is -0.217. The molecule has 1 aromatic carbocycles. The lowest BCUT2D eigenvalue weighted by Gasteiger charge is -2.40. The molecule has 3 rings (SSSR count). The predicted molar refractivity (Wildman–Crippen MR) is 94.5 cm³/mol. The number of nitrogens with one attached hydrogen (secondary N) is 1. The van der Waals surface area contributed by atoms with Crippen molar-refractivity contribution in [3.63, 3.8) is 0 Å². The normalized spacial score (nSPS) is 15.7. The number of pyridine rings is 1. The molecular formula is C19H19F4N3O2. The summed E-state index contributed by atoms with van der Waals surface area (Å²) in [5.74, 6) is -0.671. The third-order valence-corrected chi connectivity index (χ3v) is 4.37. The van der Waals surface area contributed by atoms with E-state index in [0.717, 1.165) is 11.6 Å². The molecule has 1 aliphatic heterocycles. The molecule has 0 bridgehead atoms. The van der Waals surface area contributed by atoms with Gasteiger partial charge in [0, 0.05) is 6.92 Å². The van der Waals surface area contributed by atoms with Gasteiger partial charge in [-0.2, -0.15) is 13.2 Å². The predicted octanol–water partition coefficient (Wildman–Crippen LogP) is 3.70. The van der Waals surface area contributed by atoms with Crippen molar-refractivity contribution in [3.8, 4) is 5.75 Å². The zero-order valence-corrected chi connectivity index (χ0v) is 15.3. The molecule has 5 nitrogen and oxygen atoms in total. The quantitative estimate of drug-likeness (QED) is 0.782. The van der Waals surface area contributed by atoms with Crippen LogP contribution in [0.15, 0.2) is 36.4 Å². The van der Waals surface area contributed by atoms with Crippen LogP contribution in [0.3, 0.4) is 0 Å². The summed E-state index contributed by atoms with van der Waals surface area (Å²) in [7, 11) is 0. The van der Waals surface area contributed by atoms with Crippen LogP contribution in [0.2, 0.25) is 0 Å². The maximum Gasteiger partial charge on any atom is 0.433 e. The minimum Gasteiger partial charge on any atom is -0.487 e. The Morgan fingerprint density at radius 2 is 1.86 bits per heavy atom. The summed E-state index contributed by atoms with van der Waals surface area (Å²) in [5, 5.41) is 2.78. The molecular weight excluding hydrogens is 378 g/mol. The van der Waals surface area contributed by atoms with Crippen molar-refractivity contribution in [1.29, 1.82) is 0 Å². The van der Waals surface area contributed by atoms with Gasteiger partial charge in [0.1, 0.15) is 17.5 Å². The molecule has 2 aromatic rings. The average Bonchev–Trinajstić information content (AvgIpc) is 2.57. The van der Waals surface area contributed by atoms with Crippen molar-refractivity contribution in [1.82, 2.24) is 10.3 Å². The van der Waals surface area contributed by atoms with E-state index in [4.69, 9.17) is 4.74 Å². The van der Waals surface area contributed by atoms with Crippen LogP contribution in [0, 0.1) is 5.82 Å². The number of amides is 1. The van der Waals surface area contributed by atoms with E-state index in [9.17, 15) is 22.4 Å². The number of alkyl halides is 3. The van der Waals surface area contributed by atoms with E-state index in [0.29, 0.717) is 11.8 Å². The molecule has 1 aromatic heterocycles. The van der Waals surface area contributed by atoms with Gasteiger partial charge in [-0.05, 0) is 36.8 Å². The smallest absolute Gasteiger partial charge is 0.433 e. The van der Waals surface area contributed by atoms with Crippen LogP contribution in [-0.2, 0) is 11.0 Å². The Morgan fingerprint density at radius 1 is 1.21 bits per heavy atom. The number of hydrogen-bond donors (Lipinski definition) is 1. The molecule has 0 aliphatic carbocycles. The van der Waals surface area contributed by atoms with E-state index < -0.39 is 17.7 Å². The first-order valence-electron chi connectivity index (χ1n) is 8.66. The van der Waals surface area contributed by atoms with Crippen LogP contribution >= 0.6 is 0 Å². The van der Waals surface area contributed by atoms with E-state index in [1.807, 2.05) is 19.1 Å². The molecule has 150 valence electrons. The molecule has 0 saturated carbocycles. The Bertz CT molecular complexity index is 849. The number of anilines is 1. The van der Waals surface area contributed by atoms with Gasteiger partial charge in [-0.15, -0.1) is 0 Å². The number of carbonyl (C=O) groups is 1. The first kappa shape index (κ1) is 19.9. The minimum absolute atomic E-state index is 0.127. The molecule has 0 radical (unpaired) electrons. The van der Waals surface area contributed by atoms with Crippen molar-refractivity contribution in [3.05, 3.63) is 53.5 Å². The van der Waals surface area contributed by atoms with E-state index in [1.54, 1.807) is 12.1 Å². The van der Waals surface area contributed by atoms with E-state index >= 15 is 0 Å². The Hall–Kier alpha value is -2.84. The number of carbonyl (C=O) groups excluding carboxylic acids is 1. The summed E-state index contributed by atoms with van der Waals surface area (Å²) in [6.07, 6.45) is -4.91. The van der Waals surface area contributed by atoms with Gasteiger partial charge in [-0.1, -0.05) is 12.1 Å². The number of benzene rings is 1. The molecule has 0 spiro atoms. The lowest BCUT2D eigenvalue weighted by Crippen LogP contribution is -2.54. The van der Waals surface area contributed by atoms with E-state index in [2.05, 4.69) is 10.3 Å². The minimum atomic E-state index is -4.63. The van der Waals surface area contributed by atoms with Crippen LogP contribution in [0.25, 0.3) is 0 Å². The van der Waals surface area contributed by atoms with Crippen LogP contribution in [0.1, 0.15) is 31.1 Å². The standard InChI is InChI=1S/C19H19F4N3O2/c1-11(24-12(2)27)13-3-5-14(6-4-13)28-15-9-26(10-15)18-16(20)7-8-17(25-18)19(21,22)23/h3-8,11,15H,9-10H2,1-2H3,(H,24,27)/t11-/m0/s1. The lowest BCUT2D eigenvalue weighted by molar-refractivity contribution is -0.141. The summed E-state index contributed by atoms with van der Waals surface area (Å²) in [6.45, 7) is 3.76. The molecule has 1 atom stereocenters. The number of rotatable bonds is 5. The second-order valence-corrected chi connectivity index (χ2v) is 6.64. The van der Waals surface area contributed by atoms with Crippen molar-refractivity contribution in [2.45, 2.75) is 32.2 Å². The third-order valence-electron chi connectivity index (χ3n) is 4.37. The van der Waals surface area contributed by atoms with Gasteiger partial charge in [-0.25, -0.2) is 9.37 Å². The summed E-state index contributed by atoms with van der Waals surface area (Å²) in [4.78, 5) is 15.9. The summed E-state index contributed by atoms with van der Waals surface area (Å²) >= 11 is 0. The largest absolute Gasteiger partial charge is 0.487 e. The second kappa shape index (κ2) is 7.65. The molecule has 1 fully saturated rings. The highest BCUT2D eigenvalue weighted by Gasteiger charge is 2.36. The Morgan fingerprint density at radius 3 is 2.43 bits per heavy atom. The molecule has 1 amide bonds. The highest BCUT2D eigenvalue weighted by atomic mass is 19.4. The summed E-state index contributed by atoms with van der Waals surface area (Å²) in [6, 6.07) is 8.39. The molecule has 1 N–H and O–H groups in total. The highest BCUT2D eigenvalue weighted by molar-refractivity contribution is 5.73. The van der Waals surface area contributed by atoms with Gasteiger partial charge in [0.25, 0.3) is 0 Å².